The van der Waals surface area contributed by atoms with Gasteiger partial charge in [0.15, 0.2) is 0 Å². The Kier molecular flexibility index (Phi) is 5.22. The van der Waals surface area contributed by atoms with E-state index in [1.165, 1.54) is 6.42 Å². The third-order valence-electron chi connectivity index (χ3n) is 3.81. The van der Waals surface area contributed by atoms with Crippen LogP contribution in [0, 0.1) is 11.3 Å². The minimum absolute atomic E-state index is 0.212. The lowest BCUT2D eigenvalue weighted by molar-refractivity contribution is 0.0987. The largest absolute Gasteiger partial charge is 0.381 e. The third kappa shape index (κ3) is 3.72. The quantitative estimate of drug-likeness (QED) is 0.752. The van der Waals surface area contributed by atoms with E-state index < -0.39 is 0 Å². The fraction of sp³-hybridized carbons (Fsp3) is 1.00. The molecule has 2 N–H and O–H groups in total. The first-order chi connectivity index (χ1) is 7.50. The lowest BCUT2D eigenvalue weighted by atomic mass is 9.90. The van der Waals surface area contributed by atoms with Gasteiger partial charge in [-0.3, -0.25) is 4.90 Å². The van der Waals surface area contributed by atoms with Crippen LogP contribution in [-0.4, -0.2) is 43.8 Å². The number of rotatable bonds is 6. The van der Waals surface area contributed by atoms with Gasteiger partial charge < -0.3 is 10.5 Å². The Morgan fingerprint density at radius 1 is 1.50 bits per heavy atom. The van der Waals surface area contributed by atoms with Crippen LogP contribution in [0.2, 0.25) is 0 Å². The standard InChI is InChI=1S/C13H28N2O/c1-5-15(10-13(3,4)9-14)11(2)12-6-7-16-8-12/h11-12H,5-10,14H2,1-4H3. The molecule has 0 aromatic heterocycles. The van der Waals surface area contributed by atoms with Gasteiger partial charge in [0.1, 0.15) is 0 Å². The molecule has 0 spiro atoms. The van der Waals surface area contributed by atoms with Crippen molar-refractivity contribution in [2.75, 3.05) is 32.8 Å². The highest BCUT2D eigenvalue weighted by Gasteiger charge is 2.29. The third-order valence-corrected chi connectivity index (χ3v) is 3.81. The second kappa shape index (κ2) is 5.99. The highest BCUT2D eigenvalue weighted by atomic mass is 16.5. The van der Waals surface area contributed by atoms with Gasteiger partial charge in [0, 0.05) is 19.2 Å². The monoisotopic (exact) mass is 228 g/mol. The van der Waals surface area contributed by atoms with E-state index in [0.29, 0.717) is 12.0 Å². The second-order valence-corrected chi connectivity index (χ2v) is 5.80. The molecular formula is C13H28N2O. The Morgan fingerprint density at radius 3 is 2.62 bits per heavy atom. The van der Waals surface area contributed by atoms with Gasteiger partial charge in [-0.1, -0.05) is 20.8 Å². The van der Waals surface area contributed by atoms with Gasteiger partial charge in [-0.2, -0.15) is 0 Å². The van der Waals surface area contributed by atoms with Crippen LogP contribution in [0.15, 0.2) is 0 Å². The fourth-order valence-electron chi connectivity index (χ4n) is 2.39. The van der Waals surface area contributed by atoms with Crippen molar-refractivity contribution in [2.45, 2.75) is 40.2 Å². The maximum Gasteiger partial charge on any atom is 0.0509 e. The molecule has 0 bridgehead atoms. The Labute approximate surface area is 100 Å². The van der Waals surface area contributed by atoms with Gasteiger partial charge in [-0.05, 0) is 37.8 Å². The highest BCUT2D eigenvalue weighted by Crippen LogP contribution is 2.24. The molecule has 16 heavy (non-hydrogen) atoms. The van der Waals surface area contributed by atoms with Crippen LogP contribution < -0.4 is 5.73 Å². The van der Waals surface area contributed by atoms with Gasteiger partial charge in [-0.25, -0.2) is 0 Å². The summed E-state index contributed by atoms with van der Waals surface area (Å²) in [6.45, 7) is 13.8. The first kappa shape index (κ1) is 13.9. The predicted molar refractivity (Wildman–Crippen MR) is 68.5 cm³/mol. The molecular weight excluding hydrogens is 200 g/mol. The summed E-state index contributed by atoms with van der Waals surface area (Å²) in [6, 6.07) is 0.610. The minimum Gasteiger partial charge on any atom is -0.381 e. The number of hydrogen-bond donors (Lipinski definition) is 1. The molecule has 1 aliphatic heterocycles. The van der Waals surface area contributed by atoms with Crippen molar-refractivity contribution in [3.05, 3.63) is 0 Å². The summed E-state index contributed by atoms with van der Waals surface area (Å²) in [5, 5.41) is 0. The molecule has 1 aliphatic rings. The molecule has 1 saturated heterocycles. The van der Waals surface area contributed by atoms with Gasteiger partial charge in [0.2, 0.25) is 0 Å². The van der Waals surface area contributed by atoms with Crippen molar-refractivity contribution in [1.29, 1.82) is 0 Å². The summed E-state index contributed by atoms with van der Waals surface area (Å²) >= 11 is 0. The molecule has 2 unspecified atom stereocenters. The van der Waals surface area contributed by atoms with Crippen LogP contribution in [0.1, 0.15) is 34.1 Å². The Morgan fingerprint density at radius 2 is 2.19 bits per heavy atom. The van der Waals surface area contributed by atoms with Crippen LogP contribution in [-0.2, 0) is 4.74 Å². The first-order valence-corrected chi connectivity index (χ1v) is 6.52. The zero-order chi connectivity index (χ0) is 12.2. The van der Waals surface area contributed by atoms with Crippen molar-refractivity contribution in [3.8, 4) is 0 Å². The average molecular weight is 228 g/mol. The molecule has 0 radical (unpaired) electrons. The molecule has 0 aliphatic carbocycles. The van der Waals surface area contributed by atoms with Gasteiger partial charge in [0.05, 0.1) is 6.61 Å². The summed E-state index contributed by atoms with van der Waals surface area (Å²) < 4.78 is 5.48. The number of ether oxygens (including phenoxy) is 1. The van der Waals surface area contributed by atoms with Crippen LogP contribution in [0.5, 0.6) is 0 Å². The lowest BCUT2D eigenvalue weighted by Crippen LogP contribution is -2.46. The van der Waals surface area contributed by atoms with E-state index in [1.807, 2.05) is 0 Å². The van der Waals surface area contributed by atoms with Crippen LogP contribution >= 0.6 is 0 Å². The summed E-state index contributed by atoms with van der Waals surface area (Å²) in [5.41, 5.74) is 6.02. The zero-order valence-electron chi connectivity index (χ0n) is 11.3. The van der Waals surface area contributed by atoms with E-state index in [0.717, 1.165) is 32.8 Å². The number of nitrogens with two attached hydrogens (primary N) is 1. The van der Waals surface area contributed by atoms with Crippen molar-refractivity contribution >= 4 is 0 Å². The Hall–Kier alpha value is -0.120. The lowest BCUT2D eigenvalue weighted by Gasteiger charge is -2.37. The van der Waals surface area contributed by atoms with Crippen molar-refractivity contribution < 1.29 is 4.74 Å². The summed E-state index contributed by atoms with van der Waals surface area (Å²) in [6.07, 6.45) is 1.21. The summed E-state index contributed by atoms with van der Waals surface area (Å²) in [7, 11) is 0. The molecule has 0 aromatic rings. The Balaban J connectivity index is 2.52. The van der Waals surface area contributed by atoms with Crippen LogP contribution in [0.25, 0.3) is 0 Å². The second-order valence-electron chi connectivity index (χ2n) is 5.80. The minimum atomic E-state index is 0.212. The SMILES string of the molecule is CCN(CC(C)(C)CN)C(C)C1CCOC1. The van der Waals surface area contributed by atoms with Crippen molar-refractivity contribution in [2.24, 2.45) is 17.1 Å². The van der Waals surface area contributed by atoms with Gasteiger partial charge in [0.25, 0.3) is 0 Å². The predicted octanol–water partition coefficient (Wildman–Crippen LogP) is 1.72. The molecule has 3 nitrogen and oxygen atoms in total. The van der Waals surface area contributed by atoms with E-state index >= 15 is 0 Å². The molecule has 1 heterocycles. The first-order valence-electron chi connectivity index (χ1n) is 6.52. The Bertz CT molecular complexity index is 200. The normalized spacial score (nSPS) is 24.0. The molecule has 1 fully saturated rings. The van der Waals surface area contributed by atoms with Gasteiger partial charge in [-0.15, -0.1) is 0 Å². The molecule has 96 valence electrons. The van der Waals surface area contributed by atoms with E-state index in [1.54, 1.807) is 0 Å². The molecule has 0 amide bonds. The highest BCUT2D eigenvalue weighted by molar-refractivity contribution is 4.82. The molecule has 0 saturated carbocycles. The van der Waals surface area contributed by atoms with Gasteiger partial charge >= 0.3 is 0 Å². The molecule has 2 atom stereocenters. The smallest absolute Gasteiger partial charge is 0.0509 e. The van der Waals surface area contributed by atoms with E-state index in [-0.39, 0.29) is 5.41 Å². The van der Waals surface area contributed by atoms with E-state index in [4.69, 9.17) is 10.5 Å². The number of nitrogens with zero attached hydrogens (tertiary/aromatic N) is 1. The van der Waals surface area contributed by atoms with E-state index in [9.17, 15) is 0 Å². The fourth-order valence-corrected chi connectivity index (χ4v) is 2.39. The molecule has 0 aromatic carbocycles. The summed E-state index contributed by atoms with van der Waals surface area (Å²) in [4.78, 5) is 2.55. The molecule has 3 heteroatoms. The topological polar surface area (TPSA) is 38.5 Å². The number of hydrogen-bond acceptors (Lipinski definition) is 3. The zero-order valence-corrected chi connectivity index (χ0v) is 11.3. The summed E-state index contributed by atoms with van der Waals surface area (Å²) in [5.74, 6) is 0.702. The van der Waals surface area contributed by atoms with Crippen molar-refractivity contribution in [3.63, 3.8) is 0 Å². The average Bonchev–Trinajstić information content (AvgIpc) is 2.78. The van der Waals surface area contributed by atoms with E-state index in [2.05, 4.69) is 32.6 Å². The maximum absolute atomic E-state index is 5.81. The maximum atomic E-state index is 5.81. The molecule has 1 rings (SSSR count). The van der Waals surface area contributed by atoms with Crippen LogP contribution in [0.4, 0.5) is 0 Å². The van der Waals surface area contributed by atoms with Crippen molar-refractivity contribution in [1.82, 2.24) is 4.90 Å². The van der Waals surface area contributed by atoms with Crippen LogP contribution in [0.3, 0.4) is 0 Å².